The van der Waals surface area contributed by atoms with Crippen LogP contribution in [-0.2, 0) is 0 Å². The summed E-state index contributed by atoms with van der Waals surface area (Å²) in [7, 11) is 0. The molecule has 0 aliphatic heterocycles. The SMILES string of the molecule is Cc1[nH]ncc1C(C)Nc1cccnc1. The molecule has 0 aliphatic rings. The summed E-state index contributed by atoms with van der Waals surface area (Å²) in [4.78, 5) is 4.06. The maximum atomic E-state index is 4.06. The third-order valence-corrected chi connectivity index (χ3v) is 2.38. The van der Waals surface area contributed by atoms with Crippen LogP contribution < -0.4 is 5.32 Å². The molecule has 4 heteroatoms. The standard InChI is InChI=1S/C11H14N4/c1-8(11-7-13-15-9(11)2)14-10-4-3-5-12-6-10/h3-8,14H,1-2H3,(H,13,15). The van der Waals surface area contributed by atoms with Crippen molar-refractivity contribution < 1.29 is 0 Å². The molecule has 0 radical (unpaired) electrons. The quantitative estimate of drug-likeness (QED) is 0.802. The van der Waals surface area contributed by atoms with Crippen LogP contribution >= 0.6 is 0 Å². The van der Waals surface area contributed by atoms with Crippen molar-refractivity contribution in [2.45, 2.75) is 19.9 Å². The lowest BCUT2D eigenvalue weighted by molar-refractivity contribution is 0.873. The van der Waals surface area contributed by atoms with Crippen molar-refractivity contribution in [1.82, 2.24) is 15.2 Å². The Kier molecular flexibility index (Phi) is 2.67. The summed E-state index contributed by atoms with van der Waals surface area (Å²) in [6.45, 7) is 4.12. The van der Waals surface area contributed by atoms with Gasteiger partial charge in [-0.2, -0.15) is 5.10 Å². The number of aryl methyl sites for hydroxylation is 1. The van der Waals surface area contributed by atoms with Gasteiger partial charge in [0, 0.05) is 23.7 Å². The molecular formula is C11H14N4. The molecule has 0 aliphatic carbocycles. The first-order chi connectivity index (χ1) is 7.27. The molecule has 2 rings (SSSR count). The number of aromatic amines is 1. The summed E-state index contributed by atoms with van der Waals surface area (Å²) < 4.78 is 0. The smallest absolute Gasteiger partial charge is 0.0542 e. The first-order valence-electron chi connectivity index (χ1n) is 4.94. The number of rotatable bonds is 3. The largest absolute Gasteiger partial charge is 0.377 e. The van der Waals surface area contributed by atoms with Gasteiger partial charge in [-0.1, -0.05) is 0 Å². The molecule has 0 fully saturated rings. The number of H-pyrrole nitrogens is 1. The highest BCUT2D eigenvalue weighted by molar-refractivity contribution is 5.42. The lowest BCUT2D eigenvalue weighted by atomic mass is 10.1. The summed E-state index contributed by atoms with van der Waals surface area (Å²) in [6.07, 6.45) is 5.42. The van der Waals surface area contributed by atoms with Crippen LogP contribution in [-0.4, -0.2) is 15.2 Å². The van der Waals surface area contributed by atoms with Gasteiger partial charge >= 0.3 is 0 Å². The molecule has 2 aromatic rings. The predicted octanol–water partition coefficient (Wildman–Crippen LogP) is 2.29. The number of hydrogen-bond acceptors (Lipinski definition) is 3. The second kappa shape index (κ2) is 4.13. The zero-order valence-corrected chi connectivity index (χ0v) is 8.86. The molecule has 1 atom stereocenters. The van der Waals surface area contributed by atoms with E-state index in [9.17, 15) is 0 Å². The molecule has 0 saturated carbocycles. The van der Waals surface area contributed by atoms with Crippen LogP contribution in [0.25, 0.3) is 0 Å². The average molecular weight is 202 g/mol. The fraction of sp³-hybridized carbons (Fsp3) is 0.273. The maximum Gasteiger partial charge on any atom is 0.0542 e. The molecule has 2 N–H and O–H groups in total. The van der Waals surface area contributed by atoms with E-state index in [-0.39, 0.29) is 6.04 Å². The second-order valence-electron chi connectivity index (χ2n) is 3.56. The molecule has 0 aromatic carbocycles. The van der Waals surface area contributed by atoms with Gasteiger partial charge in [-0.3, -0.25) is 10.1 Å². The van der Waals surface area contributed by atoms with Crippen LogP contribution in [0.15, 0.2) is 30.7 Å². The topological polar surface area (TPSA) is 53.6 Å². The number of pyridine rings is 1. The van der Waals surface area contributed by atoms with Crippen molar-refractivity contribution in [2.75, 3.05) is 5.32 Å². The number of nitrogens with zero attached hydrogens (tertiary/aromatic N) is 2. The third-order valence-electron chi connectivity index (χ3n) is 2.38. The van der Waals surface area contributed by atoms with E-state index < -0.39 is 0 Å². The van der Waals surface area contributed by atoms with E-state index in [4.69, 9.17) is 0 Å². The monoisotopic (exact) mass is 202 g/mol. The maximum absolute atomic E-state index is 4.06. The Morgan fingerprint density at radius 2 is 2.27 bits per heavy atom. The van der Waals surface area contributed by atoms with Gasteiger partial charge in [-0.15, -0.1) is 0 Å². The van der Waals surface area contributed by atoms with Crippen LogP contribution in [0.2, 0.25) is 0 Å². The Balaban J connectivity index is 2.11. The first-order valence-corrected chi connectivity index (χ1v) is 4.94. The van der Waals surface area contributed by atoms with Gasteiger partial charge in [-0.25, -0.2) is 0 Å². The molecule has 1 unspecified atom stereocenters. The van der Waals surface area contributed by atoms with Crippen molar-refractivity contribution in [2.24, 2.45) is 0 Å². The summed E-state index contributed by atoms with van der Waals surface area (Å²) >= 11 is 0. The van der Waals surface area contributed by atoms with Gasteiger partial charge in [0.25, 0.3) is 0 Å². The Labute approximate surface area is 88.8 Å². The highest BCUT2D eigenvalue weighted by Crippen LogP contribution is 2.19. The van der Waals surface area contributed by atoms with E-state index in [0.29, 0.717) is 0 Å². The van der Waals surface area contributed by atoms with Gasteiger partial charge in [0.1, 0.15) is 0 Å². The van der Waals surface area contributed by atoms with Crippen molar-refractivity contribution >= 4 is 5.69 Å². The lowest BCUT2D eigenvalue weighted by Gasteiger charge is -2.13. The number of hydrogen-bond donors (Lipinski definition) is 2. The van der Waals surface area contributed by atoms with Gasteiger partial charge in [-0.05, 0) is 26.0 Å². The van der Waals surface area contributed by atoms with Crippen molar-refractivity contribution in [3.8, 4) is 0 Å². The number of anilines is 1. The van der Waals surface area contributed by atoms with Gasteiger partial charge in [0.15, 0.2) is 0 Å². The third kappa shape index (κ3) is 2.15. The Morgan fingerprint density at radius 1 is 1.40 bits per heavy atom. The molecule has 15 heavy (non-hydrogen) atoms. The van der Waals surface area contributed by atoms with E-state index in [1.54, 1.807) is 6.20 Å². The predicted molar refractivity (Wildman–Crippen MR) is 59.6 cm³/mol. The van der Waals surface area contributed by atoms with Crippen LogP contribution in [0, 0.1) is 6.92 Å². The Morgan fingerprint density at radius 3 is 2.87 bits per heavy atom. The molecule has 0 spiro atoms. The van der Waals surface area contributed by atoms with Crippen LogP contribution in [0.1, 0.15) is 24.2 Å². The minimum Gasteiger partial charge on any atom is -0.377 e. The lowest BCUT2D eigenvalue weighted by Crippen LogP contribution is -2.07. The molecule has 2 heterocycles. The highest BCUT2D eigenvalue weighted by Gasteiger charge is 2.09. The van der Waals surface area contributed by atoms with Crippen molar-refractivity contribution in [3.63, 3.8) is 0 Å². The van der Waals surface area contributed by atoms with E-state index in [0.717, 1.165) is 11.4 Å². The molecular weight excluding hydrogens is 188 g/mol. The molecule has 4 nitrogen and oxygen atoms in total. The summed E-state index contributed by atoms with van der Waals surface area (Å²) in [5.74, 6) is 0. The van der Waals surface area contributed by atoms with E-state index in [2.05, 4.69) is 27.4 Å². The van der Waals surface area contributed by atoms with Gasteiger partial charge in [0.2, 0.25) is 0 Å². The fourth-order valence-corrected chi connectivity index (χ4v) is 1.57. The fourth-order valence-electron chi connectivity index (χ4n) is 1.57. The molecule has 0 amide bonds. The molecule has 0 saturated heterocycles. The normalized spacial score (nSPS) is 12.4. The first kappa shape index (κ1) is 9.71. The van der Waals surface area contributed by atoms with E-state index >= 15 is 0 Å². The number of nitrogens with one attached hydrogen (secondary N) is 2. The minimum atomic E-state index is 0.230. The van der Waals surface area contributed by atoms with Crippen LogP contribution in [0.3, 0.4) is 0 Å². The zero-order chi connectivity index (χ0) is 10.7. The van der Waals surface area contributed by atoms with Crippen LogP contribution in [0.4, 0.5) is 5.69 Å². The van der Waals surface area contributed by atoms with Gasteiger partial charge in [0.05, 0.1) is 17.9 Å². The van der Waals surface area contributed by atoms with Crippen LogP contribution in [0.5, 0.6) is 0 Å². The molecule has 2 aromatic heterocycles. The number of aromatic nitrogens is 3. The molecule has 0 bridgehead atoms. The van der Waals surface area contributed by atoms with E-state index in [1.807, 2.05) is 31.5 Å². The molecule has 78 valence electrons. The summed E-state index contributed by atoms with van der Waals surface area (Å²) in [5.41, 5.74) is 3.29. The zero-order valence-electron chi connectivity index (χ0n) is 8.86. The van der Waals surface area contributed by atoms with Crippen molar-refractivity contribution in [1.29, 1.82) is 0 Å². The summed E-state index contributed by atoms with van der Waals surface area (Å²) in [6, 6.07) is 4.14. The average Bonchev–Trinajstić information content (AvgIpc) is 2.66. The Bertz CT molecular complexity index is 421. The Hall–Kier alpha value is -1.84. The second-order valence-corrected chi connectivity index (χ2v) is 3.56. The highest BCUT2D eigenvalue weighted by atomic mass is 15.1. The summed E-state index contributed by atoms with van der Waals surface area (Å²) in [5, 5.41) is 10.3. The van der Waals surface area contributed by atoms with Gasteiger partial charge < -0.3 is 5.32 Å². The van der Waals surface area contributed by atoms with Crippen molar-refractivity contribution in [3.05, 3.63) is 42.0 Å². The van der Waals surface area contributed by atoms with E-state index in [1.165, 1.54) is 5.56 Å². The minimum absolute atomic E-state index is 0.230.